The van der Waals surface area contributed by atoms with E-state index in [1.165, 1.54) is 29.2 Å². The Hall–Kier alpha value is -0.573. The predicted molar refractivity (Wildman–Crippen MR) is 53.5 cm³/mol. The van der Waals surface area contributed by atoms with Crippen molar-refractivity contribution in [1.82, 2.24) is 0 Å². The van der Waals surface area contributed by atoms with Crippen LogP contribution in [0.1, 0.15) is 18.9 Å². The zero-order valence-electron chi connectivity index (χ0n) is 8.38. The minimum atomic E-state index is 0. The van der Waals surface area contributed by atoms with Crippen LogP contribution in [0.15, 0.2) is 36.4 Å². The van der Waals surface area contributed by atoms with Crippen molar-refractivity contribution in [2.24, 2.45) is 0 Å². The number of hydrogen-bond donors (Lipinski definition) is 0. The summed E-state index contributed by atoms with van der Waals surface area (Å²) < 4.78 is 0. The maximum atomic E-state index is 2.29. The van der Waals surface area contributed by atoms with Gasteiger partial charge in [0, 0.05) is 0 Å². The van der Waals surface area contributed by atoms with Crippen LogP contribution in [0.5, 0.6) is 0 Å². The topological polar surface area (TPSA) is 0 Å². The van der Waals surface area contributed by atoms with Gasteiger partial charge in [0.1, 0.15) is 0 Å². The molecule has 0 unspecified atom stereocenters. The molecule has 0 atom stereocenters. The van der Waals surface area contributed by atoms with Gasteiger partial charge in [-0.2, -0.15) is 6.07 Å². The molecule has 2 aromatic carbocycles. The molecule has 0 saturated heterocycles. The number of benzene rings is 1. The SMILES string of the molecule is CCCc1cc2ccccc2[cH-]1.[Li+]. The molecule has 13 heavy (non-hydrogen) atoms. The Morgan fingerprint density at radius 1 is 1.23 bits per heavy atom. The first kappa shape index (κ1) is 10.5. The Morgan fingerprint density at radius 2 is 2.00 bits per heavy atom. The van der Waals surface area contributed by atoms with E-state index >= 15 is 0 Å². The van der Waals surface area contributed by atoms with Gasteiger partial charge in [-0.15, -0.1) is 40.6 Å². The Morgan fingerprint density at radius 3 is 2.69 bits per heavy atom. The fourth-order valence-corrected chi connectivity index (χ4v) is 1.65. The second kappa shape index (κ2) is 4.60. The van der Waals surface area contributed by atoms with Crippen LogP contribution in [0, 0.1) is 0 Å². The van der Waals surface area contributed by atoms with Crippen LogP contribution in [0.4, 0.5) is 0 Å². The van der Waals surface area contributed by atoms with Crippen LogP contribution < -0.4 is 18.9 Å². The summed E-state index contributed by atoms with van der Waals surface area (Å²) in [6.45, 7) is 2.22. The van der Waals surface area contributed by atoms with Gasteiger partial charge in [0.05, 0.1) is 0 Å². The Labute approximate surface area is 91.5 Å². The Bertz CT molecular complexity index is 340. The van der Waals surface area contributed by atoms with E-state index in [9.17, 15) is 0 Å². The van der Waals surface area contributed by atoms with Crippen molar-refractivity contribution in [3.8, 4) is 0 Å². The van der Waals surface area contributed by atoms with Crippen LogP contribution in [0.25, 0.3) is 10.8 Å². The zero-order valence-corrected chi connectivity index (χ0v) is 8.38. The van der Waals surface area contributed by atoms with E-state index in [2.05, 4.69) is 43.3 Å². The molecule has 0 amide bonds. The summed E-state index contributed by atoms with van der Waals surface area (Å²) in [6.07, 6.45) is 2.44. The molecule has 62 valence electrons. The van der Waals surface area contributed by atoms with Crippen LogP contribution in [-0.4, -0.2) is 0 Å². The zero-order chi connectivity index (χ0) is 8.39. The third-order valence-corrected chi connectivity index (χ3v) is 2.22. The number of fused-ring (bicyclic) bond motifs is 1. The average molecular weight is 164 g/mol. The molecule has 0 fully saturated rings. The summed E-state index contributed by atoms with van der Waals surface area (Å²) in [6, 6.07) is 13.1. The molecule has 0 aliphatic carbocycles. The van der Waals surface area contributed by atoms with Crippen molar-refractivity contribution < 1.29 is 18.9 Å². The van der Waals surface area contributed by atoms with E-state index in [-0.39, 0.29) is 18.9 Å². The number of aryl methyl sites for hydroxylation is 1. The van der Waals surface area contributed by atoms with Crippen LogP contribution in [-0.2, 0) is 6.42 Å². The first-order chi connectivity index (χ1) is 5.90. The molecule has 0 spiro atoms. The predicted octanol–water partition coefficient (Wildman–Crippen LogP) is 0.515. The number of rotatable bonds is 2. The molecule has 0 saturated carbocycles. The maximum Gasteiger partial charge on any atom is 1.00 e. The van der Waals surface area contributed by atoms with E-state index in [1.807, 2.05) is 0 Å². The molecular formula is C12H13Li. The van der Waals surface area contributed by atoms with Crippen molar-refractivity contribution in [1.29, 1.82) is 0 Å². The quantitative estimate of drug-likeness (QED) is 0.448. The molecule has 0 bridgehead atoms. The molecule has 1 heteroatoms. The van der Waals surface area contributed by atoms with Gasteiger partial charge >= 0.3 is 18.9 Å². The molecule has 2 aromatic rings. The second-order valence-electron chi connectivity index (χ2n) is 3.24. The van der Waals surface area contributed by atoms with Crippen LogP contribution in [0.2, 0.25) is 0 Å². The van der Waals surface area contributed by atoms with Crippen LogP contribution >= 0.6 is 0 Å². The van der Waals surface area contributed by atoms with E-state index in [0.29, 0.717) is 0 Å². The van der Waals surface area contributed by atoms with Crippen molar-refractivity contribution in [2.75, 3.05) is 0 Å². The molecule has 0 radical (unpaired) electrons. The summed E-state index contributed by atoms with van der Waals surface area (Å²) in [7, 11) is 0. The molecule has 0 aliphatic rings. The van der Waals surface area contributed by atoms with Crippen molar-refractivity contribution in [3.63, 3.8) is 0 Å². The normalized spacial score (nSPS) is 9.92. The average Bonchev–Trinajstić information content (AvgIpc) is 2.47. The van der Waals surface area contributed by atoms with E-state index in [4.69, 9.17) is 0 Å². The molecule has 0 aromatic heterocycles. The van der Waals surface area contributed by atoms with Gasteiger partial charge in [-0.3, -0.25) is 0 Å². The van der Waals surface area contributed by atoms with Gasteiger partial charge in [-0.05, 0) is 6.42 Å². The minimum absolute atomic E-state index is 0. The molecule has 0 heterocycles. The van der Waals surface area contributed by atoms with Crippen molar-refractivity contribution >= 4 is 10.8 Å². The van der Waals surface area contributed by atoms with Gasteiger partial charge in [0.15, 0.2) is 0 Å². The summed E-state index contributed by atoms with van der Waals surface area (Å²) in [4.78, 5) is 0. The second-order valence-corrected chi connectivity index (χ2v) is 3.24. The summed E-state index contributed by atoms with van der Waals surface area (Å²) in [5, 5.41) is 2.75. The van der Waals surface area contributed by atoms with Gasteiger partial charge in [-0.1, -0.05) is 19.4 Å². The van der Waals surface area contributed by atoms with E-state index < -0.39 is 0 Å². The summed E-state index contributed by atoms with van der Waals surface area (Å²) in [5.74, 6) is 0. The fourth-order valence-electron chi connectivity index (χ4n) is 1.65. The number of hydrogen-bond acceptors (Lipinski definition) is 0. The largest absolute Gasteiger partial charge is 1.00 e. The molecule has 0 aliphatic heterocycles. The first-order valence-electron chi connectivity index (χ1n) is 4.54. The van der Waals surface area contributed by atoms with E-state index in [0.717, 1.165) is 0 Å². The monoisotopic (exact) mass is 164 g/mol. The van der Waals surface area contributed by atoms with Gasteiger partial charge < -0.3 is 0 Å². The minimum Gasteiger partial charge on any atom is -0.165 e. The third kappa shape index (κ3) is 2.21. The first-order valence-corrected chi connectivity index (χ1v) is 4.54. The standard InChI is InChI=1S/C12H13.Li/c1-2-5-10-8-11-6-3-4-7-12(11)9-10;/h3-4,6-9H,2,5H2,1H3;/q-1;+1. The van der Waals surface area contributed by atoms with Crippen molar-refractivity contribution in [3.05, 3.63) is 42.0 Å². The smallest absolute Gasteiger partial charge is 0.165 e. The van der Waals surface area contributed by atoms with Crippen LogP contribution in [0.3, 0.4) is 0 Å². The van der Waals surface area contributed by atoms with Gasteiger partial charge in [-0.25, -0.2) is 0 Å². The third-order valence-electron chi connectivity index (χ3n) is 2.22. The van der Waals surface area contributed by atoms with E-state index in [1.54, 1.807) is 0 Å². The van der Waals surface area contributed by atoms with Crippen molar-refractivity contribution in [2.45, 2.75) is 19.8 Å². The molecule has 0 N–H and O–H groups in total. The molecule has 2 rings (SSSR count). The fraction of sp³-hybridized carbons (Fsp3) is 0.250. The Balaban J connectivity index is 0.000000845. The summed E-state index contributed by atoms with van der Waals surface area (Å²) >= 11 is 0. The maximum absolute atomic E-state index is 2.29. The van der Waals surface area contributed by atoms with Gasteiger partial charge in [0.2, 0.25) is 0 Å². The summed E-state index contributed by atoms with van der Waals surface area (Å²) in [5.41, 5.74) is 1.47. The Kier molecular flexibility index (Phi) is 3.72. The molecule has 0 nitrogen and oxygen atoms in total. The van der Waals surface area contributed by atoms with Gasteiger partial charge in [0.25, 0.3) is 0 Å². The molecular weight excluding hydrogens is 151 g/mol.